The molecule has 3 N–H and O–H groups in total. The van der Waals surface area contributed by atoms with Crippen molar-refractivity contribution >= 4 is 5.78 Å². The molecular formula is C17H14O6. The highest BCUT2D eigenvalue weighted by atomic mass is 16.5. The van der Waals surface area contributed by atoms with E-state index in [1.165, 1.54) is 13.2 Å². The maximum Gasteiger partial charge on any atom is 0.184 e. The van der Waals surface area contributed by atoms with Gasteiger partial charge in [-0.25, -0.2) is 0 Å². The second kappa shape index (κ2) is 4.32. The third kappa shape index (κ3) is 1.66. The average Bonchev–Trinajstić information content (AvgIpc) is 2.48. The third-order valence-electron chi connectivity index (χ3n) is 4.61. The van der Waals surface area contributed by atoms with Gasteiger partial charge in [0.25, 0.3) is 0 Å². The summed E-state index contributed by atoms with van der Waals surface area (Å²) in [6.07, 6.45) is 0.415. The predicted molar refractivity (Wildman–Crippen MR) is 79.6 cm³/mol. The summed E-state index contributed by atoms with van der Waals surface area (Å²) in [6.45, 7) is 0.114. The van der Waals surface area contributed by atoms with Crippen LogP contribution in [0.25, 0.3) is 0 Å². The van der Waals surface area contributed by atoms with Crippen LogP contribution in [-0.2, 0) is 11.8 Å². The van der Waals surface area contributed by atoms with Crippen LogP contribution in [0.4, 0.5) is 0 Å². The highest BCUT2D eigenvalue weighted by Gasteiger charge is 2.54. The van der Waals surface area contributed by atoms with E-state index in [0.717, 1.165) is 17.2 Å². The second-order valence-corrected chi connectivity index (χ2v) is 5.90. The SMILES string of the molecule is COc1cc2c(cc1O)C[C@@]21COc2cc(O)cc(O)c2C1=O. The Balaban J connectivity index is 1.85. The number of ether oxygens (including phenoxy) is 2. The highest BCUT2D eigenvalue weighted by Crippen LogP contribution is 2.52. The lowest BCUT2D eigenvalue weighted by Crippen LogP contribution is -2.52. The number of ketones is 1. The quantitative estimate of drug-likeness (QED) is 0.744. The van der Waals surface area contributed by atoms with E-state index in [1.807, 2.05) is 0 Å². The van der Waals surface area contributed by atoms with Crippen LogP contribution in [0.2, 0.25) is 0 Å². The largest absolute Gasteiger partial charge is 0.508 e. The third-order valence-corrected chi connectivity index (χ3v) is 4.61. The number of benzene rings is 2. The summed E-state index contributed by atoms with van der Waals surface area (Å²) < 4.78 is 10.7. The first-order chi connectivity index (χ1) is 11.0. The average molecular weight is 314 g/mol. The summed E-state index contributed by atoms with van der Waals surface area (Å²) >= 11 is 0. The van der Waals surface area contributed by atoms with Gasteiger partial charge in [-0.2, -0.15) is 0 Å². The Morgan fingerprint density at radius 2 is 1.91 bits per heavy atom. The van der Waals surface area contributed by atoms with Crippen molar-refractivity contribution in [2.45, 2.75) is 11.8 Å². The summed E-state index contributed by atoms with van der Waals surface area (Å²) in [4.78, 5) is 13.0. The highest BCUT2D eigenvalue weighted by molar-refractivity contribution is 6.11. The molecule has 0 saturated carbocycles. The van der Waals surface area contributed by atoms with Crippen LogP contribution in [0.1, 0.15) is 21.5 Å². The van der Waals surface area contributed by atoms with Crippen LogP contribution in [-0.4, -0.2) is 34.8 Å². The lowest BCUT2D eigenvalue weighted by molar-refractivity contribution is 0.0723. The van der Waals surface area contributed by atoms with Crippen LogP contribution in [0, 0.1) is 0 Å². The molecule has 23 heavy (non-hydrogen) atoms. The summed E-state index contributed by atoms with van der Waals surface area (Å²) in [5.41, 5.74) is 0.765. The Kier molecular flexibility index (Phi) is 2.58. The zero-order valence-electron chi connectivity index (χ0n) is 12.3. The Labute approximate surface area is 131 Å². The van der Waals surface area contributed by atoms with E-state index >= 15 is 0 Å². The van der Waals surface area contributed by atoms with Crippen molar-refractivity contribution in [3.05, 3.63) is 41.0 Å². The number of hydrogen-bond acceptors (Lipinski definition) is 6. The molecule has 0 radical (unpaired) electrons. The van der Waals surface area contributed by atoms with E-state index in [0.29, 0.717) is 6.42 Å². The predicted octanol–water partition coefficient (Wildman–Crippen LogP) is 1.88. The van der Waals surface area contributed by atoms with Crippen LogP contribution >= 0.6 is 0 Å². The zero-order chi connectivity index (χ0) is 16.4. The molecule has 2 aromatic rings. The summed E-state index contributed by atoms with van der Waals surface area (Å²) in [5, 5.41) is 29.4. The topological polar surface area (TPSA) is 96.2 Å². The smallest absolute Gasteiger partial charge is 0.184 e. The Bertz CT molecular complexity index is 857. The van der Waals surface area contributed by atoms with Gasteiger partial charge < -0.3 is 24.8 Å². The summed E-state index contributed by atoms with van der Waals surface area (Å²) in [6, 6.07) is 5.66. The number of methoxy groups -OCH3 is 1. The van der Waals surface area contributed by atoms with E-state index in [-0.39, 0.29) is 46.7 Å². The molecule has 1 spiro atoms. The van der Waals surface area contributed by atoms with Crippen LogP contribution < -0.4 is 9.47 Å². The first kappa shape index (κ1) is 13.8. The number of carbonyl (C=O) groups excluding carboxylic acids is 1. The van der Waals surface area contributed by atoms with E-state index in [9.17, 15) is 20.1 Å². The normalized spacial score (nSPS) is 21.2. The molecule has 6 nitrogen and oxygen atoms in total. The zero-order valence-corrected chi connectivity index (χ0v) is 12.3. The van der Waals surface area contributed by atoms with Gasteiger partial charge in [0.15, 0.2) is 17.3 Å². The van der Waals surface area contributed by atoms with Crippen molar-refractivity contribution in [2.75, 3.05) is 13.7 Å². The summed E-state index contributed by atoms with van der Waals surface area (Å²) in [5.74, 6) is -0.225. The Morgan fingerprint density at radius 3 is 2.65 bits per heavy atom. The van der Waals surface area contributed by atoms with Crippen LogP contribution in [0.15, 0.2) is 24.3 Å². The molecule has 1 atom stereocenters. The van der Waals surface area contributed by atoms with E-state index in [4.69, 9.17) is 9.47 Å². The molecule has 118 valence electrons. The molecule has 1 aliphatic heterocycles. The number of carbonyl (C=O) groups is 1. The molecule has 6 heteroatoms. The first-order valence-corrected chi connectivity index (χ1v) is 7.10. The number of Topliss-reactive ketones (excluding diaryl/α,β-unsaturated/α-hetero) is 1. The number of phenols is 3. The molecule has 1 heterocycles. The second-order valence-electron chi connectivity index (χ2n) is 5.90. The number of aromatic hydroxyl groups is 3. The van der Waals surface area contributed by atoms with Crippen molar-refractivity contribution in [1.29, 1.82) is 0 Å². The molecule has 0 saturated heterocycles. The van der Waals surface area contributed by atoms with Crippen molar-refractivity contribution < 1.29 is 29.6 Å². The first-order valence-electron chi connectivity index (χ1n) is 7.10. The van der Waals surface area contributed by atoms with Gasteiger partial charge in [-0.15, -0.1) is 0 Å². The van der Waals surface area contributed by atoms with Crippen molar-refractivity contribution in [2.24, 2.45) is 0 Å². The molecule has 2 aliphatic rings. The molecule has 0 bridgehead atoms. The fourth-order valence-corrected chi connectivity index (χ4v) is 3.45. The van der Waals surface area contributed by atoms with Gasteiger partial charge in [-0.05, 0) is 29.7 Å². The molecule has 4 rings (SSSR count). The van der Waals surface area contributed by atoms with Gasteiger partial charge in [0.05, 0.1) is 12.5 Å². The maximum atomic E-state index is 13.0. The number of hydrogen-bond donors (Lipinski definition) is 3. The fourth-order valence-electron chi connectivity index (χ4n) is 3.45. The van der Waals surface area contributed by atoms with Gasteiger partial charge in [-0.1, -0.05) is 0 Å². The van der Waals surface area contributed by atoms with Gasteiger partial charge >= 0.3 is 0 Å². The molecule has 1 aliphatic carbocycles. The van der Waals surface area contributed by atoms with Gasteiger partial charge in [0.1, 0.15) is 29.4 Å². The Morgan fingerprint density at radius 1 is 1.13 bits per heavy atom. The lowest BCUT2D eigenvalue weighted by Gasteiger charge is -2.45. The molecule has 0 aromatic heterocycles. The van der Waals surface area contributed by atoms with Crippen LogP contribution in [0.5, 0.6) is 28.7 Å². The number of rotatable bonds is 1. The standard InChI is InChI=1S/C17H14O6/c1-22-13-5-10-8(2-11(13)19)6-17(10)7-23-14-4-9(18)3-12(20)15(14)16(17)21/h2-5,18-20H,6-7H2,1H3/t17-/m1/s1. The molecule has 0 amide bonds. The van der Waals surface area contributed by atoms with Gasteiger partial charge in [0, 0.05) is 12.1 Å². The minimum Gasteiger partial charge on any atom is -0.508 e. The molecule has 0 unspecified atom stereocenters. The van der Waals surface area contributed by atoms with E-state index < -0.39 is 5.41 Å². The van der Waals surface area contributed by atoms with Crippen LogP contribution in [0.3, 0.4) is 0 Å². The minimum absolute atomic E-state index is 0.0263. The molecular weight excluding hydrogens is 300 g/mol. The lowest BCUT2D eigenvalue weighted by atomic mass is 9.60. The van der Waals surface area contributed by atoms with Gasteiger partial charge in [0.2, 0.25) is 0 Å². The van der Waals surface area contributed by atoms with Crippen molar-refractivity contribution in [3.63, 3.8) is 0 Å². The van der Waals surface area contributed by atoms with E-state index in [2.05, 4.69) is 0 Å². The van der Waals surface area contributed by atoms with Crippen molar-refractivity contribution in [3.8, 4) is 28.7 Å². The summed E-state index contributed by atoms with van der Waals surface area (Å²) in [7, 11) is 1.44. The van der Waals surface area contributed by atoms with Crippen molar-refractivity contribution in [1.82, 2.24) is 0 Å². The monoisotopic (exact) mass is 314 g/mol. The van der Waals surface area contributed by atoms with E-state index in [1.54, 1.807) is 12.1 Å². The number of fused-ring (bicyclic) bond motifs is 3. The maximum absolute atomic E-state index is 13.0. The molecule has 2 aromatic carbocycles. The number of phenolic OH excluding ortho intramolecular Hbond substituents is 3. The minimum atomic E-state index is -0.891. The molecule has 0 fully saturated rings. The Hall–Kier alpha value is -2.89. The van der Waals surface area contributed by atoms with Gasteiger partial charge in [-0.3, -0.25) is 4.79 Å². The fraction of sp³-hybridized carbons (Fsp3) is 0.235.